The Labute approximate surface area is 164 Å². The topological polar surface area (TPSA) is 116 Å². The van der Waals surface area contributed by atoms with Gasteiger partial charge in [0.2, 0.25) is 17.8 Å². The van der Waals surface area contributed by atoms with Crippen LogP contribution < -0.4 is 10.6 Å². The molecule has 1 aliphatic rings. The lowest BCUT2D eigenvalue weighted by Crippen LogP contribution is -2.20. The number of carbonyl (C=O) groups excluding carboxylic acids is 2. The van der Waals surface area contributed by atoms with E-state index in [4.69, 9.17) is 0 Å². The van der Waals surface area contributed by atoms with Gasteiger partial charge >= 0.3 is 0 Å². The van der Waals surface area contributed by atoms with Crippen LogP contribution in [0.3, 0.4) is 0 Å². The van der Waals surface area contributed by atoms with Crippen molar-refractivity contribution >= 4 is 23.7 Å². The van der Waals surface area contributed by atoms with E-state index in [0.717, 1.165) is 47.6 Å². The average Bonchev–Trinajstić information content (AvgIpc) is 3.18. The SMILES string of the molecule is CCC(C)C(=O)Nc1nc2c([nH]1)CCc1[nH]c(NC(=O)C=C(C)C)nc1[C@@H]2C. The number of anilines is 2. The second-order valence-electron chi connectivity index (χ2n) is 7.63. The van der Waals surface area contributed by atoms with Crippen LogP contribution in [0.15, 0.2) is 11.6 Å². The molecule has 0 aromatic carbocycles. The average molecular weight is 384 g/mol. The molecule has 8 heteroatoms. The number of hydrogen-bond donors (Lipinski definition) is 4. The first kappa shape index (κ1) is 19.9. The van der Waals surface area contributed by atoms with Crippen LogP contribution in [0.1, 0.15) is 69.7 Å². The van der Waals surface area contributed by atoms with Crippen LogP contribution in [0, 0.1) is 5.92 Å². The van der Waals surface area contributed by atoms with E-state index in [0.29, 0.717) is 11.9 Å². The maximum absolute atomic E-state index is 12.2. The van der Waals surface area contributed by atoms with Crippen molar-refractivity contribution < 1.29 is 9.59 Å². The summed E-state index contributed by atoms with van der Waals surface area (Å²) in [5.74, 6) is 0.577. The van der Waals surface area contributed by atoms with E-state index in [2.05, 4.69) is 30.6 Å². The maximum Gasteiger partial charge on any atom is 0.250 e. The van der Waals surface area contributed by atoms with Crippen LogP contribution in [0.2, 0.25) is 0 Å². The smallest absolute Gasteiger partial charge is 0.250 e. The number of aromatic nitrogens is 4. The van der Waals surface area contributed by atoms with Gasteiger partial charge in [-0.2, -0.15) is 0 Å². The molecule has 2 atom stereocenters. The fourth-order valence-electron chi connectivity index (χ4n) is 3.28. The standard InChI is InChI=1S/C20H28N6O2/c1-6-11(4)18(28)26-20-22-14-8-7-13-16(12(5)17(14)25-20)24-19(21-13)23-15(27)9-10(2)3/h9,11-12H,6-8H2,1-5H3,(H2,21,23,24,27)(H2,22,25,26,28)/t11?,12-/m0/s1. The minimum absolute atomic E-state index is 0.0382. The Balaban J connectivity index is 1.81. The monoisotopic (exact) mass is 384 g/mol. The first-order valence-corrected chi connectivity index (χ1v) is 9.72. The fraction of sp³-hybridized carbons (Fsp3) is 0.500. The highest BCUT2D eigenvalue weighted by atomic mass is 16.2. The third-order valence-electron chi connectivity index (χ3n) is 5.03. The Morgan fingerprint density at radius 1 is 1.11 bits per heavy atom. The molecule has 150 valence electrons. The highest BCUT2D eigenvalue weighted by molar-refractivity contribution is 5.98. The van der Waals surface area contributed by atoms with Gasteiger partial charge in [0.05, 0.1) is 11.4 Å². The summed E-state index contributed by atoms with van der Waals surface area (Å²) < 4.78 is 0. The number of rotatable bonds is 5. The molecule has 1 unspecified atom stereocenters. The Hall–Kier alpha value is -2.90. The number of aryl methyl sites for hydroxylation is 2. The van der Waals surface area contributed by atoms with Gasteiger partial charge in [0, 0.05) is 29.3 Å². The van der Waals surface area contributed by atoms with Crippen molar-refractivity contribution in [3.63, 3.8) is 0 Å². The maximum atomic E-state index is 12.2. The predicted octanol–water partition coefficient (Wildman–Crippen LogP) is 3.27. The van der Waals surface area contributed by atoms with Crippen LogP contribution in [0.25, 0.3) is 0 Å². The number of aromatic amines is 2. The van der Waals surface area contributed by atoms with E-state index in [9.17, 15) is 9.59 Å². The summed E-state index contributed by atoms with van der Waals surface area (Å²) >= 11 is 0. The van der Waals surface area contributed by atoms with Crippen LogP contribution in [0.4, 0.5) is 11.9 Å². The van der Waals surface area contributed by atoms with Crippen molar-refractivity contribution in [3.8, 4) is 0 Å². The van der Waals surface area contributed by atoms with Gasteiger partial charge in [0.15, 0.2) is 0 Å². The van der Waals surface area contributed by atoms with Gasteiger partial charge in [0.25, 0.3) is 5.91 Å². The molecule has 0 saturated heterocycles. The number of H-pyrrole nitrogens is 2. The van der Waals surface area contributed by atoms with E-state index >= 15 is 0 Å². The van der Waals surface area contributed by atoms with Crippen molar-refractivity contribution in [2.45, 2.75) is 59.8 Å². The Morgan fingerprint density at radius 3 is 2.14 bits per heavy atom. The molecule has 0 radical (unpaired) electrons. The molecule has 0 aliphatic heterocycles. The van der Waals surface area contributed by atoms with Gasteiger partial charge in [-0.05, 0) is 33.1 Å². The molecule has 3 rings (SSSR count). The third-order valence-corrected chi connectivity index (χ3v) is 5.03. The highest BCUT2D eigenvalue weighted by Crippen LogP contribution is 2.33. The quantitative estimate of drug-likeness (QED) is 0.592. The number of fused-ring (bicyclic) bond motifs is 2. The summed E-state index contributed by atoms with van der Waals surface area (Å²) in [6.07, 6.45) is 3.82. The second kappa shape index (κ2) is 8.00. The van der Waals surface area contributed by atoms with Crippen LogP contribution in [0.5, 0.6) is 0 Å². The van der Waals surface area contributed by atoms with Crippen LogP contribution >= 0.6 is 0 Å². The molecule has 1 aliphatic carbocycles. The molecule has 0 fully saturated rings. The number of carbonyl (C=O) groups is 2. The minimum atomic E-state index is -0.202. The van der Waals surface area contributed by atoms with Crippen molar-refractivity contribution in [3.05, 3.63) is 34.4 Å². The zero-order chi connectivity index (χ0) is 20.4. The summed E-state index contributed by atoms with van der Waals surface area (Å²) in [4.78, 5) is 39.8. The lowest BCUT2D eigenvalue weighted by molar-refractivity contribution is -0.119. The Kier molecular flexibility index (Phi) is 5.67. The first-order valence-electron chi connectivity index (χ1n) is 9.72. The number of hydrogen-bond acceptors (Lipinski definition) is 4. The summed E-state index contributed by atoms with van der Waals surface area (Å²) in [6.45, 7) is 9.65. The van der Waals surface area contributed by atoms with Crippen molar-refractivity contribution in [1.29, 1.82) is 0 Å². The van der Waals surface area contributed by atoms with E-state index in [1.165, 1.54) is 6.08 Å². The summed E-state index contributed by atoms with van der Waals surface area (Å²) in [6, 6.07) is 0. The molecule has 2 aromatic rings. The number of nitrogens with zero attached hydrogens (tertiary/aromatic N) is 2. The van der Waals surface area contributed by atoms with Crippen LogP contribution in [-0.2, 0) is 22.4 Å². The second-order valence-corrected chi connectivity index (χ2v) is 7.63. The molecular formula is C20H28N6O2. The predicted molar refractivity (Wildman–Crippen MR) is 108 cm³/mol. The molecule has 4 N–H and O–H groups in total. The number of amides is 2. The first-order chi connectivity index (χ1) is 13.3. The highest BCUT2D eigenvalue weighted by Gasteiger charge is 2.28. The summed E-state index contributed by atoms with van der Waals surface area (Å²) in [7, 11) is 0. The summed E-state index contributed by atoms with van der Waals surface area (Å²) in [5.41, 5.74) is 4.68. The van der Waals surface area contributed by atoms with Gasteiger partial charge < -0.3 is 9.97 Å². The lowest BCUT2D eigenvalue weighted by Gasteiger charge is -2.08. The number of nitrogens with one attached hydrogen (secondary N) is 4. The fourth-order valence-corrected chi connectivity index (χ4v) is 3.28. The van der Waals surface area contributed by atoms with Gasteiger partial charge in [-0.3, -0.25) is 20.2 Å². The Morgan fingerprint density at radius 2 is 1.64 bits per heavy atom. The van der Waals surface area contributed by atoms with E-state index in [1.807, 2.05) is 34.6 Å². The molecule has 0 bridgehead atoms. The molecule has 0 spiro atoms. The molecule has 28 heavy (non-hydrogen) atoms. The lowest BCUT2D eigenvalue weighted by atomic mass is 10.0. The van der Waals surface area contributed by atoms with Gasteiger partial charge in [-0.15, -0.1) is 0 Å². The van der Waals surface area contributed by atoms with Crippen molar-refractivity contribution in [2.75, 3.05) is 10.6 Å². The zero-order valence-electron chi connectivity index (χ0n) is 17.1. The van der Waals surface area contributed by atoms with Gasteiger partial charge in [-0.25, -0.2) is 9.97 Å². The van der Waals surface area contributed by atoms with Crippen molar-refractivity contribution in [1.82, 2.24) is 19.9 Å². The van der Waals surface area contributed by atoms with Crippen molar-refractivity contribution in [2.24, 2.45) is 5.92 Å². The molecule has 2 heterocycles. The zero-order valence-corrected chi connectivity index (χ0v) is 17.1. The van der Waals surface area contributed by atoms with Gasteiger partial charge in [0.1, 0.15) is 0 Å². The van der Waals surface area contributed by atoms with E-state index < -0.39 is 0 Å². The molecular weight excluding hydrogens is 356 g/mol. The Bertz CT molecular complexity index is 919. The van der Waals surface area contributed by atoms with E-state index in [-0.39, 0.29) is 23.7 Å². The molecule has 8 nitrogen and oxygen atoms in total. The normalized spacial score (nSPS) is 16.4. The molecule has 2 amide bonds. The third kappa shape index (κ3) is 4.16. The van der Waals surface area contributed by atoms with E-state index in [1.54, 1.807) is 0 Å². The largest absolute Gasteiger partial charge is 0.328 e. The minimum Gasteiger partial charge on any atom is -0.328 e. The number of imidazole rings is 2. The summed E-state index contributed by atoms with van der Waals surface area (Å²) in [5, 5.41) is 5.65. The molecule has 0 saturated carbocycles. The molecule has 2 aromatic heterocycles. The van der Waals surface area contributed by atoms with Crippen LogP contribution in [-0.4, -0.2) is 31.8 Å². The van der Waals surface area contributed by atoms with Gasteiger partial charge in [-0.1, -0.05) is 26.3 Å². The number of allylic oxidation sites excluding steroid dienone is 1.